The molecule has 2 heterocycles. The number of likely N-dealkylation sites (tertiary alicyclic amines) is 1. The molecule has 0 saturated carbocycles. The average molecular weight is 184 g/mol. The van der Waals surface area contributed by atoms with Crippen LogP contribution in [0.15, 0.2) is 0 Å². The zero-order valence-corrected chi connectivity index (χ0v) is 8.46. The lowest BCUT2D eigenvalue weighted by molar-refractivity contribution is -0.116. The molecule has 76 valence electrons. The Morgan fingerprint density at radius 2 is 2.00 bits per heavy atom. The van der Waals surface area contributed by atoms with Gasteiger partial charge in [0.2, 0.25) is 0 Å². The number of rotatable bonds is 2. The molecular formula is C10H20N2O. The van der Waals surface area contributed by atoms with Gasteiger partial charge in [-0.3, -0.25) is 0 Å². The van der Waals surface area contributed by atoms with Crippen molar-refractivity contribution in [2.45, 2.75) is 25.8 Å². The third kappa shape index (κ3) is 2.22. The first-order valence-corrected chi connectivity index (χ1v) is 5.24. The second kappa shape index (κ2) is 3.56. The molecule has 2 aliphatic heterocycles. The largest absolute Gasteiger partial charge is 0.380 e. The van der Waals surface area contributed by atoms with Gasteiger partial charge in [0.15, 0.2) is 0 Å². The fourth-order valence-corrected chi connectivity index (χ4v) is 2.19. The Bertz CT molecular complexity index is 172. The van der Waals surface area contributed by atoms with Crippen molar-refractivity contribution in [2.75, 3.05) is 32.8 Å². The molecule has 0 aliphatic carbocycles. The van der Waals surface area contributed by atoms with Crippen molar-refractivity contribution in [1.82, 2.24) is 4.90 Å². The lowest BCUT2D eigenvalue weighted by Crippen LogP contribution is -2.51. The fourth-order valence-electron chi connectivity index (χ4n) is 2.19. The highest BCUT2D eigenvalue weighted by Gasteiger charge is 2.35. The minimum atomic E-state index is 0.432. The van der Waals surface area contributed by atoms with E-state index in [1.54, 1.807) is 0 Å². The molecule has 2 rings (SSSR count). The van der Waals surface area contributed by atoms with Crippen molar-refractivity contribution in [3.05, 3.63) is 0 Å². The number of nitrogens with two attached hydrogens (primary N) is 1. The third-order valence-electron chi connectivity index (χ3n) is 3.14. The highest BCUT2D eigenvalue weighted by Crippen LogP contribution is 2.28. The van der Waals surface area contributed by atoms with Gasteiger partial charge in [0.1, 0.15) is 0 Å². The van der Waals surface area contributed by atoms with Gasteiger partial charge in [0, 0.05) is 18.0 Å². The minimum absolute atomic E-state index is 0.432. The van der Waals surface area contributed by atoms with Crippen molar-refractivity contribution in [2.24, 2.45) is 11.1 Å². The Labute approximate surface area is 80.2 Å². The summed E-state index contributed by atoms with van der Waals surface area (Å²) in [6.45, 7) is 7.74. The summed E-state index contributed by atoms with van der Waals surface area (Å²) < 4.78 is 5.25. The first-order valence-electron chi connectivity index (χ1n) is 5.24. The van der Waals surface area contributed by atoms with E-state index in [1.165, 1.54) is 19.6 Å². The lowest BCUT2D eigenvalue weighted by atomic mass is 9.87. The van der Waals surface area contributed by atoms with Gasteiger partial charge in [0.05, 0.1) is 13.2 Å². The predicted octanol–water partition coefficient (Wildman–Crippen LogP) is 0.446. The van der Waals surface area contributed by atoms with Gasteiger partial charge in [-0.25, -0.2) is 0 Å². The molecule has 0 amide bonds. The van der Waals surface area contributed by atoms with E-state index in [-0.39, 0.29) is 0 Å². The number of nitrogens with zero attached hydrogens (tertiary/aromatic N) is 1. The van der Waals surface area contributed by atoms with E-state index < -0.39 is 0 Å². The van der Waals surface area contributed by atoms with Gasteiger partial charge < -0.3 is 15.4 Å². The monoisotopic (exact) mass is 184 g/mol. The number of piperidine rings is 1. The van der Waals surface area contributed by atoms with Gasteiger partial charge in [-0.15, -0.1) is 0 Å². The molecule has 0 atom stereocenters. The van der Waals surface area contributed by atoms with E-state index in [2.05, 4.69) is 11.8 Å². The Balaban J connectivity index is 1.76. The van der Waals surface area contributed by atoms with E-state index in [0.29, 0.717) is 11.5 Å². The Kier molecular flexibility index (Phi) is 2.58. The van der Waals surface area contributed by atoms with Crippen molar-refractivity contribution in [1.29, 1.82) is 0 Å². The van der Waals surface area contributed by atoms with E-state index in [1.807, 2.05) is 0 Å². The molecule has 3 nitrogen and oxygen atoms in total. The summed E-state index contributed by atoms with van der Waals surface area (Å²) >= 11 is 0. The summed E-state index contributed by atoms with van der Waals surface area (Å²) in [4.78, 5) is 2.53. The Morgan fingerprint density at radius 3 is 2.46 bits per heavy atom. The van der Waals surface area contributed by atoms with Gasteiger partial charge >= 0.3 is 0 Å². The summed E-state index contributed by atoms with van der Waals surface area (Å²) in [6.07, 6.45) is 2.33. The number of hydrogen-bond donors (Lipinski definition) is 1. The van der Waals surface area contributed by atoms with Crippen LogP contribution in [0.4, 0.5) is 0 Å². The van der Waals surface area contributed by atoms with Crippen LogP contribution in [0.1, 0.15) is 19.8 Å². The van der Waals surface area contributed by atoms with Crippen LogP contribution < -0.4 is 5.73 Å². The normalized spacial score (nSPS) is 30.0. The van der Waals surface area contributed by atoms with Crippen molar-refractivity contribution in [3.63, 3.8) is 0 Å². The maximum Gasteiger partial charge on any atom is 0.0554 e. The highest BCUT2D eigenvalue weighted by molar-refractivity contribution is 4.86. The SMILES string of the molecule is CC1(CN2CCC(N)CC2)COC1. The molecule has 0 bridgehead atoms. The van der Waals surface area contributed by atoms with E-state index in [4.69, 9.17) is 10.5 Å². The number of ether oxygens (including phenoxy) is 1. The topological polar surface area (TPSA) is 38.5 Å². The first-order chi connectivity index (χ1) is 6.18. The molecule has 0 aromatic heterocycles. The van der Waals surface area contributed by atoms with Gasteiger partial charge in [-0.2, -0.15) is 0 Å². The van der Waals surface area contributed by atoms with E-state index in [9.17, 15) is 0 Å². The zero-order valence-electron chi connectivity index (χ0n) is 8.46. The van der Waals surface area contributed by atoms with Crippen LogP contribution >= 0.6 is 0 Å². The maximum atomic E-state index is 5.86. The van der Waals surface area contributed by atoms with Crippen molar-refractivity contribution >= 4 is 0 Å². The average Bonchev–Trinajstić information content (AvgIpc) is 2.06. The molecule has 0 spiro atoms. The first kappa shape index (κ1) is 9.44. The summed E-state index contributed by atoms with van der Waals surface area (Å²) in [5.74, 6) is 0. The van der Waals surface area contributed by atoms with Gasteiger partial charge in [-0.1, -0.05) is 6.92 Å². The molecular weight excluding hydrogens is 164 g/mol. The quantitative estimate of drug-likeness (QED) is 0.677. The van der Waals surface area contributed by atoms with E-state index in [0.717, 1.165) is 26.1 Å². The van der Waals surface area contributed by atoms with Crippen LogP contribution in [0, 0.1) is 5.41 Å². The zero-order chi connectivity index (χ0) is 9.31. The minimum Gasteiger partial charge on any atom is -0.380 e. The van der Waals surface area contributed by atoms with Gasteiger partial charge in [-0.05, 0) is 25.9 Å². The lowest BCUT2D eigenvalue weighted by Gasteiger charge is -2.43. The van der Waals surface area contributed by atoms with Crippen LogP contribution in [-0.2, 0) is 4.74 Å². The molecule has 3 heteroatoms. The Hall–Kier alpha value is -0.120. The third-order valence-corrected chi connectivity index (χ3v) is 3.14. The Morgan fingerprint density at radius 1 is 1.38 bits per heavy atom. The van der Waals surface area contributed by atoms with Crippen LogP contribution in [0.5, 0.6) is 0 Å². The standard InChI is InChI=1S/C10H20N2O/c1-10(7-13-8-10)6-12-4-2-9(11)3-5-12/h9H,2-8,11H2,1H3. The molecule has 2 saturated heterocycles. The summed E-state index contributed by atoms with van der Waals surface area (Å²) in [6, 6.07) is 0.446. The fraction of sp³-hybridized carbons (Fsp3) is 1.00. The van der Waals surface area contributed by atoms with Gasteiger partial charge in [0.25, 0.3) is 0 Å². The predicted molar refractivity (Wildman–Crippen MR) is 52.6 cm³/mol. The van der Waals surface area contributed by atoms with E-state index >= 15 is 0 Å². The van der Waals surface area contributed by atoms with Crippen LogP contribution in [0.25, 0.3) is 0 Å². The molecule has 0 aromatic carbocycles. The molecule has 2 fully saturated rings. The molecule has 13 heavy (non-hydrogen) atoms. The molecule has 2 aliphatic rings. The van der Waals surface area contributed by atoms with Crippen molar-refractivity contribution in [3.8, 4) is 0 Å². The van der Waals surface area contributed by atoms with Crippen LogP contribution in [0.2, 0.25) is 0 Å². The maximum absolute atomic E-state index is 5.86. The summed E-state index contributed by atoms with van der Waals surface area (Å²) in [5, 5.41) is 0. The highest BCUT2D eigenvalue weighted by atomic mass is 16.5. The second-order valence-corrected chi connectivity index (χ2v) is 4.92. The molecule has 0 unspecified atom stereocenters. The molecule has 0 radical (unpaired) electrons. The smallest absolute Gasteiger partial charge is 0.0554 e. The summed E-state index contributed by atoms with van der Waals surface area (Å²) in [7, 11) is 0. The molecule has 2 N–H and O–H groups in total. The molecule has 0 aromatic rings. The van der Waals surface area contributed by atoms with Crippen LogP contribution in [0.3, 0.4) is 0 Å². The van der Waals surface area contributed by atoms with Crippen molar-refractivity contribution < 1.29 is 4.74 Å². The number of hydrogen-bond acceptors (Lipinski definition) is 3. The second-order valence-electron chi connectivity index (χ2n) is 4.92. The van der Waals surface area contributed by atoms with Crippen LogP contribution in [-0.4, -0.2) is 43.8 Å². The summed E-state index contributed by atoms with van der Waals surface area (Å²) in [5.41, 5.74) is 6.29.